The fourth-order valence-electron chi connectivity index (χ4n) is 6.73. The second-order valence-electron chi connectivity index (χ2n) is 11.0. The third-order valence-electron chi connectivity index (χ3n) is 8.70. The molecule has 3 fully saturated rings. The van der Waals surface area contributed by atoms with Gasteiger partial charge in [-0.25, -0.2) is 4.79 Å². The first-order chi connectivity index (χ1) is 18.5. The average molecular weight is 513 g/mol. The van der Waals surface area contributed by atoms with E-state index < -0.39 is 17.9 Å². The number of hydrogen-bond acceptors (Lipinski definition) is 5. The number of carbonyl (C=O) groups excluding carboxylic acids is 4. The van der Waals surface area contributed by atoms with Gasteiger partial charge in [0.25, 0.3) is 0 Å². The van der Waals surface area contributed by atoms with Crippen molar-refractivity contribution in [1.82, 2.24) is 4.90 Å². The zero-order valence-electron chi connectivity index (χ0n) is 21.4. The van der Waals surface area contributed by atoms with Gasteiger partial charge in [0, 0.05) is 12.1 Å². The number of nitrogens with one attached hydrogen (secondary N) is 1. The third-order valence-corrected chi connectivity index (χ3v) is 8.70. The highest BCUT2D eigenvalue weighted by Gasteiger charge is 2.67. The van der Waals surface area contributed by atoms with E-state index in [0.29, 0.717) is 29.7 Å². The molecule has 4 aliphatic carbocycles. The lowest BCUT2D eigenvalue weighted by Crippen LogP contribution is -2.49. The Balaban J connectivity index is 1.22. The highest BCUT2D eigenvalue weighted by Crippen LogP contribution is 2.65. The molecule has 2 aromatic carbocycles. The molecule has 0 unspecified atom stereocenters. The van der Waals surface area contributed by atoms with Crippen molar-refractivity contribution >= 4 is 29.4 Å². The predicted molar refractivity (Wildman–Crippen MR) is 141 cm³/mol. The molecule has 2 aromatic rings. The van der Waals surface area contributed by atoms with Crippen molar-refractivity contribution in [1.29, 1.82) is 0 Å². The van der Waals surface area contributed by atoms with Gasteiger partial charge in [0.15, 0.2) is 0 Å². The van der Waals surface area contributed by atoms with Gasteiger partial charge in [0.05, 0.1) is 24.0 Å². The Morgan fingerprint density at radius 2 is 1.58 bits per heavy atom. The van der Waals surface area contributed by atoms with Gasteiger partial charge in [-0.05, 0) is 66.3 Å². The molecule has 7 heteroatoms. The van der Waals surface area contributed by atoms with E-state index in [4.69, 9.17) is 4.74 Å². The summed E-state index contributed by atoms with van der Waals surface area (Å²) >= 11 is 0. The maximum absolute atomic E-state index is 13.8. The molecule has 1 N–H and O–H groups in total. The first kappa shape index (κ1) is 24.6. The molecule has 0 radical (unpaired) electrons. The van der Waals surface area contributed by atoms with Gasteiger partial charge in [-0.15, -0.1) is 0 Å². The summed E-state index contributed by atoms with van der Waals surface area (Å²) in [4.78, 5) is 54.7. The quantitative estimate of drug-likeness (QED) is 0.235. The third kappa shape index (κ3) is 4.24. The van der Waals surface area contributed by atoms with Crippen molar-refractivity contribution in [3.05, 3.63) is 77.9 Å². The zero-order valence-corrected chi connectivity index (χ0v) is 21.4. The molecule has 5 aliphatic rings. The van der Waals surface area contributed by atoms with Crippen LogP contribution in [0.25, 0.3) is 0 Å². The van der Waals surface area contributed by atoms with Gasteiger partial charge in [-0.1, -0.05) is 55.8 Å². The molecule has 0 spiro atoms. The van der Waals surface area contributed by atoms with Crippen LogP contribution in [0.3, 0.4) is 0 Å². The molecule has 3 amide bonds. The molecule has 7 rings (SSSR count). The highest BCUT2D eigenvalue weighted by atomic mass is 16.5. The monoisotopic (exact) mass is 512 g/mol. The summed E-state index contributed by atoms with van der Waals surface area (Å²) in [5.74, 6) is -0.781. The van der Waals surface area contributed by atoms with E-state index in [9.17, 15) is 19.2 Å². The molecular formula is C31H32N2O5. The molecule has 2 bridgehead atoms. The zero-order chi connectivity index (χ0) is 26.4. The Bertz CT molecular complexity index is 1250. The summed E-state index contributed by atoms with van der Waals surface area (Å²) in [6, 6.07) is 15.0. The van der Waals surface area contributed by atoms with Crippen LogP contribution in [0.2, 0.25) is 0 Å². The molecule has 7 nitrogen and oxygen atoms in total. The predicted octanol–water partition coefficient (Wildman–Crippen LogP) is 4.25. The number of ether oxygens (including phenoxy) is 1. The number of esters is 1. The van der Waals surface area contributed by atoms with Crippen LogP contribution in [0, 0.1) is 35.5 Å². The number of carbonyl (C=O) groups is 4. The number of amides is 3. The summed E-state index contributed by atoms with van der Waals surface area (Å²) in [5.41, 5.74) is 1.75. The second-order valence-corrected chi connectivity index (χ2v) is 11.0. The SMILES string of the molecule is CCCCOC(=O)c1ccc(NC(=O)[C@H](Cc2ccccc2)N2C(=O)[C@@H]3[C@H]4C=C[C@@H]([C@@H]5C[C@H]45)[C@H]3C2=O)cc1. The lowest BCUT2D eigenvalue weighted by Gasteiger charge is -2.37. The first-order valence-corrected chi connectivity index (χ1v) is 13.6. The number of benzene rings is 2. The molecule has 196 valence electrons. The fourth-order valence-corrected chi connectivity index (χ4v) is 6.73. The minimum atomic E-state index is -0.961. The van der Waals surface area contributed by atoms with Crippen molar-refractivity contribution in [3.8, 4) is 0 Å². The summed E-state index contributed by atoms with van der Waals surface area (Å²) in [6.07, 6.45) is 7.33. The van der Waals surface area contributed by atoms with Gasteiger partial charge in [0.1, 0.15) is 6.04 Å². The van der Waals surface area contributed by atoms with E-state index >= 15 is 0 Å². The minimum absolute atomic E-state index is 0.0986. The summed E-state index contributed by atoms with van der Waals surface area (Å²) in [6.45, 7) is 2.39. The van der Waals surface area contributed by atoms with E-state index in [0.717, 1.165) is 24.8 Å². The van der Waals surface area contributed by atoms with E-state index in [2.05, 4.69) is 17.5 Å². The van der Waals surface area contributed by atoms with Crippen molar-refractivity contribution in [3.63, 3.8) is 0 Å². The van der Waals surface area contributed by atoms with Gasteiger partial charge in [0.2, 0.25) is 17.7 Å². The normalized spacial score (nSPS) is 29.0. The van der Waals surface area contributed by atoms with Gasteiger partial charge >= 0.3 is 5.97 Å². The maximum atomic E-state index is 13.8. The van der Waals surface area contributed by atoms with Gasteiger partial charge in [-0.2, -0.15) is 0 Å². The van der Waals surface area contributed by atoms with Crippen molar-refractivity contribution in [2.45, 2.75) is 38.6 Å². The second kappa shape index (κ2) is 9.86. The lowest BCUT2D eigenvalue weighted by molar-refractivity contribution is -0.146. The smallest absolute Gasteiger partial charge is 0.338 e. The van der Waals surface area contributed by atoms with E-state index in [1.54, 1.807) is 24.3 Å². The Labute approximate surface area is 222 Å². The van der Waals surface area contributed by atoms with Crippen LogP contribution in [-0.2, 0) is 25.5 Å². The number of nitrogens with zero attached hydrogens (tertiary/aromatic N) is 1. The van der Waals surface area contributed by atoms with Crippen LogP contribution in [0.5, 0.6) is 0 Å². The summed E-state index contributed by atoms with van der Waals surface area (Å²) in [5, 5.41) is 2.88. The Morgan fingerprint density at radius 1 is 0.947 bits per heavy atom. The molecule has 1 aliphatic heterocycles. The first-order valence-electron chi connectivity index (χ1n) is 13.6. The number of likely N-dealkylation sites (tertiary alicyclic amines) is 1. The number of anilines is 1. The number of hydrogen-bond donors (Lipinski definition) is 1. The van der Waals surface area contributed by atoms with Crippen LogP contribution in [0.4, 0.5) is 5.69 Å². The molecule has 7 atom stereocenters. The van der Waals surface area contributed by atoms with Crippen molar-refractivity contribution in [2.75, 3.05) is 11.9 Å². The van der Waals surface area contributed by atoms with Crippen LogP contribution in [0.15, 0.2) is 66.7 Å². The van der Waals surface area contributed by atoms with Gasteiger partial charge in [-0.3, -0.25) is 19.3 Å². The number of rotatable bonds is 9. The highest BCUT2D eigenvalue weighted by molar-refractivity contribution is 6.10. The van der Waals surface area contributed by atoms with E-state index in [1.165, 1.54) is 4.90 Å². The van der Waals surface area contributed by atoms with Crippen molar-refractivity contribution < 1.29 is 23.9 Å². The van der Waals surface area contributed by atoms with Crippen LogP contribution in [0.1, 0.15) is 42.1 Å². The molecule has 38 heavy (non-hydrogen) atoms. The standard InChI is InChI=1S/C31H32N2O5/c1-2-3-15-38-31(37)19-9-11-20(12-10-19)32-28(34)25(16-18-7-5-4-6-8-18)33-29(35)26-21-13-14-22(24-17-23(21)24)27(26)30(33)36/h4-14,21-27H,2-3,15-17H2,1H3,(H,32,34)/t21-,22-,23-,24+,25-,26+,27+/m0/s1. The molecule has 0 aromatic heterocycles. The van der Waals surface area contributed by atoms with Gasteiger partial charge < -0.3 is 10.1 Å². The maximum Gasteiger partial charge on any atom is 0.338 e. The topological polar surface area (TPSA) is 92.8 Å². The van der Waals surface area contributed by atoms with Crippen LogP contribution < -0.4 is 5.32 Å². The lowest BCUT2D eigenvalue weighted by atomic mass is 9.63. The Kier molecular flexibility index (Phi) is 6.38. The van der Waals surface area contributed by atoms with E-state index in [1.807, 2.05) is 37.3 Å². The number of allylic oxidation sites excluding steroid dienone is 2. The summed E-state index contributed by atoms with van der Waals surface area (Å²) in [7, 11) is 0. The number of imide groups is 1. The van der Waals surface area contributed by atoms with Crippen LogP contribution >= 0.6 is 0 Å². The largest absolute Gasteiger partial charge is 0.462 e. The molecule has 1 saturated heterocycles. The molecule has 1 heterocycles. The van der Waals surface area contributed by atoms with Crippen LogP contribution in [-0.4, -0.2) is 41.2 Å². The van der Waals surface area contributed by atoms with E-state index in [-0.39, 0.29) is 41.9 Å². The molecule has 2 saturated carbocycles. The summed E-state index contributed by atoms with van der Waals surface area (Å²) < 4.78 is 5.25. The Hall–Kier alpha value is -3.74. The average Bonchev–Trinajstić information content (AvgIpc) is 3.72. The Morgan fingerprint density at radius 3 is 2.18 bits per heavy atom. The molecular weight excluding hydrogens is 480 g/mol. The minimum Gasteiger partial charge on any atom is -0.462 e. The van der Waals surface area contributed by atoms with Crippen molar-refractivity contribution in [2.24, 2.45) is 35.5 Å². The number of unbranched alkanes of at least 4 members (excludes halogenated alkanes) is 1. The fraction of sp³-hybridized carbons (Fsp3) is 0.419.